The normalized spacial score (nSPS) is 13.7. The molecule has 0 unspecified atom stereocenters. The Hall–Kier alpha value is 0.501. The molecule has 0 atom stereocenters. The van der Waals surface area contributed by atoms with E-state index >= 15 is 0 Å². The zero-order valence-corrected chi connectivity index (χ0v) is 24.5. The Balaban J connectivity index is 0. The largest absolute Gasteiger partial charge is 1.00 e. The van der Waals surface area contributed by atoms with Crippen molar-refractivity contribution in [3.63, 3.8) is 0 Å². The number of hydrogen-bond donors (Lipinski definition) is 0. The van der Waals surface area contributed by atoms with Gasteiger partial charge in [0, 0.05) is 0 Å². The molecular formula is C24H37Cl3SiTi. The van der Waals surface area contributed by atoms with E-state index in [1.807, 2.05) is 5.20 Å². The predicted octanol–water partition coefficient (Wildman–Crippen LogP) is -3.13. The van der Waals surface area contributed by atoms with Crippen LogP contribution >= 0.6 is 0 Å². The van der Waals surface area contributed by atoms with Crippen molar-refractivity contribution in [2.75, 3.05) is 0 Å². The molecule has 0 aliphatic heterocycles. The Labute approximate surface area is 212 Å². The number of hydrogen-bond acceptors (Lipinski definition) is 0. The number of allylic oxidation sites excluding steroid dienone is 4. The van der Waals surface area contributed by atoms with E-state index in [2.05, 4.69) is 68.9 Å². The molecule has 0 heterocycles. The van der Waals surface area contributed by atoms with E-state index in [0.717, 1.165) is 0 Å². The molecule has 0 amide bonds. The van der Waals surface area contributed by atoms with Gasteiger partial charge in [-0.15, -0.1) is 0 Å². The van der Waals surface area contributed by atoms with Crippen molar-refractivity contribution in [3.05, 3.63) is 48.0 Å². The van der Waals surface area contributed by atoms with E-state index < -0.39 is 0 Å². The standard InChI is InChI=1S/C24H37Si.3ClH.Ti/c1-8-10-11-13-22-15-23(14-21(22)12-9-2)25-24-19(6)17(4)16(3)18(5)20(24)7;;;;/h8-13,15,25H2,1-7H3;3*1H;/q;;;;+3/p-3. The van der Waals surface area contributed by atoms with Crippen LogP contribution in [-0.2, 0) is 20.4 Å². The molecule has 0 fully saturated rings. The minimum atomic E-state index is -0.370. The first-order valence-electron chi connectivity index (χ1n) is 10.5. The maximum Gasteiger partial charge on any atom is -1.00 e. The van der Waals surface area contributed by atoms with Crippen LogP contribution < -0.4 is 42.4 Å². The third-order valence-electron chi connectivity index (χ3n) is 6.64. The molecule has 162 valence electrons. The van der Waals surface area contributed by atoms with Crippen molar-refractivity contribution in [1.29, 1.82) is 0 Å². The second kappa shape index (κ2) is 14.5. The molecular weight excluding hydrogens is 471 g/mol. The van der Waals surface area contributed by atoms with Gasteiger partial charge in [0.1, 0.15) is 0 Å². The van der Waals surface area contributed by atoms with Crippen LogP contribution in [0, 0.1) is 34.6 Å². The first kappa shape index (κ1) is 31.7. The Morgan fingerprint density at radius 3 is 1.72 bits per heavy atom. The molecule has 0 saturated carbocycles. The van der Waals surface area contributed by atoms with E-state index in [4.69, 9.17) is 0 Å². The number of benzene rings is 1. The summed E-state index contributed by atoms with van der Waals surface area (Å²) in [6.45, 7) is 16.3. The van der Waals surface area contributed by atoms with E-state index in [0.29, 0.717) is 0 Å². The molecule has 5 heteroatoms. The fraction of sp³-hybridized carbons (Fsp3) is 0.583. The SMILES string of the molecule is CCCCCC1=C(CCC)[C]([Ti+3])=C([SiH2]c2c(C)c(C)c(C)c(C)c2C)C1.[Cl-].[Cl-].[Cl-]. The van der Waals surface area contributed by atoms with Crippen molar-refractivity contribution < 1.29 is 57.7 Å². The smallest absolute Gasteiger partial charge is 1.00 e. The molecule has 0 saturated heterocycles. The van der Waals surface area contributed by atoms with Crippen molar-refractivity contribution >= 4 is 14.7 Å². The average molecular weight is 508 g/mol. The van der Waals surface area contributed by atoms with Gasteiger partial charge in [-0.2, -0.15) is 0 Å². The summed E-state index contributed by atoms with van der Waals surface area (Å²) in [7, 11) is -0.370. The van der Waals surface area contributed by atoms with Crippen LogP contribution in [-0.4, -0.2) is 9.52 Å². The van der Waals surface area contributed by atoms with Gasteiger partial charge in [-0.05, 0) is 0 Å². The number of rotatable bonds is 8. The molecule has 0 bridgehead atoms. The summed E-state index contributed by atoms with van der Waals surface area (Å²) < 4.78 is 1.68. The maximum absolute atomic E-state index is 2.43. The van der Waals surface area contributed by atoms with Crippen LogP contribution in [0.1, 0.15) is 86.6 Å². The zero-order valence-electron chi connectivity index (χ0n) is 19.3. The molecule has 2 rings (SSSR count). The number of halogens is 3. The molecule has 0 N–H and O–H groups in total. The van der Waals surface area contributed by atoms with Crippen LogP contribution in [0.2, 0.25) is 0 Å². The Morgan fingerprint density at radius 1 is 0.724 bits per heavy atom. The summed E-state index contributed by atoms with van der Waals surface area (Å²) in [4.78, 5) is 0. The van der Waals surface area contributed by atoms with Gasteiger partial charge in [-0.25, -0.2) is 0 Å². The van der Waals surface area contributed by atoms with E-state index in [1.165, 1.54) is 61.6 Å². The minimum absolute atomic E-state index is 0. The zero-order chi connectivity index (χ0) is 19.4. The summed E-state index contributed by atoms with van der Waals surface area (Å²) in [5.74, 6) is 0. The van der Waals surface area contributed by atoms with Crippen LogP contribution in [0.25, 0.3) is 0 Å². The molecule has 0 radical (unpaired) electrons. The Morgan fingerprint density at radius 2 is 1.24 bits per heavy atom. The summed E-state index contributed by atoms with van der Waals surface area (Å²) >= 11 is 2.43. The Bertz CT molecular complexity index is 722. The molecule has 1 aromatic carbocycles. The van der Waals surface area contributed by atoms with Crippen molar-refractivity contribution in [1.82, 2.24) is 0 Å². The van der Waals surface area contributed by atoms with Gasteiger partial charge in [-0.1, -0.05) is 0 Å². The molecule has 1 aliphatic carbocycles. The number of unbranched alkanes of at least 4 members (excludes halogenated alkanes) is 2. The van der Waals surface area contributed by atoms with Crippen LogP contribution in [0.4, 0.5) is 0 Å². The minimum Gasteiger partial charge on any atom is -1.00 e. The van der Waals surface area contributed by atoms with Gasteiger partial charge in [0.2, 0.25) is 0 Å². The summed E-state index contributed by atoms with van der Waals surface area (Å²) in [5.41, 5.74) is 11.2. The third kappa shape index (κ3) is 7.26. The average Bonchev–Trinajstić information content (AvgIpc) is 2.91. The maximum atomic E-state index is 2.43. The quantitative estimate of drug-likeness (QED) is 0.258. The molecule has 0 aromatic heterocycles. The summed E-state index contributed by atoms with van der Waals surface area (Å²) in [5, 5.41) is 3.56. The van der Waals surface area contributed by atoms with Gasteiger partial charge < -0.3 is 37.2 Å². The first-order chi connectivity index (χ1) is 12.3. The molecule has 1 aromatic rings. The van der Waals surface area contributed by atoms with Crippen LogP contribution in [0.15, 0.2) is 20.2 Å². The fourth-order valence-corrected chi connectivity index (χ4v) is 7.76. The van der Waals surface area contributed by atoms with Gasteiger partial charge in [0.25, 0.3) is 0 Å². The van der Waals surface area contributed by atoms with Gasteiger partial charge in [0.15, 0.2) is 0 Å². The monoisotopic (exact) mass is 506 g/mol. The van der Waals surface area contributed by atoms with Gasteiger partial charge in [-0.3, -0.25) is 0 Å². The second-order valence-electron chi connectivity index (χ2n) is 8.22. The van der Waals surface area contributed by atoms with Gasteiger partial charge >= 0.3 is 177 Å². The van der Waals surface area contributed by atoms with Crippen LogP contribution in [0.3, 0.4) is 0 Å². The summed E-state index contributed by atoms with van der Waals surface area (Å²) in [6, 6.07) is 0. The van der Waals surface area contributed by atoms with Crippen LogP contribution in [0.5, 0.6) is 0 Å². The van der Waals surface area contributed by atoms with E-state index in [9.17, 15) is 0 Å². The predicted molar refractivity (Wildman–Crippen MR) is 116 cm³/mol. The summed E-state index contributed by atoms with van der Waals surface area (Å²) in [6.07, 6.45) is 9.27. The molecule has 29 heavy (non-hydrogen) atoms. The van der Waals surface area contributed by atoms with Crippen molar-refractivity contribution in [2.24, 2.45) is 0 Å². The fourth-order valence-electron chi connectivity index (χ4n) is 4.43. The molecule has 0 nitrogen and oxygen atoms in total. The second-order valence-corrected chi connectivity index (χ2v) is 10.9. The third-order valence-corrected chi connectivity index (χ3v) is 10.7. The first-order valence-corrected chi connectivity index (χ1v) is 12.7. The molecule has 1 aliphatic rings. The van der Waals surface area contributed by atoms with Gasteiger partial charge in [0.05, 0.1) is 0 Å². The van der Waals surface area contributed by atoms with Crippen molar-refractivity contribution in [3.8, 4) is 0 Å². The van der Waals surface area contributed by atoms with Crippen molar-refractivity contribution in [2.45, 2.75) is 93.4 Å². The van der Waals surface area contributed by atoms with E-state index in [-0.39, 0.29) is 46.7 Å². The Kier molecular flexibility index (Phi) is 15.9. The topological polar surface area (TPSA) is 0 Å². The van der Waals surface area contributed by atoms with E-state index in [1.54, 1.807) is 31.3 Å². The molecule has 0 spiro atoms.